The van der Waals surface area contributed by atoms with Crippen molar-refractivity contribution in [1.29, 1.82) is 0 Å². The summed E-state index contributed by atoms with van der Waals surface area (Å²) in [6.45, 7) is 7.65. The van der Waals surface area contributed by atoms with E-state index in [1.165, 1.54) is 4.90 Å². The molecule has 0 aliphatic carbocycles. The zero-order chi connectivity index (χ0) is 24.0. The summed E-state index contributed by atoms with van der Waals surface area (Å²) in [5, 5.41) is 3.58. The van der Waals surface area contributed by atoms with Crippen molar-refractivity contribution in [3.63, 3.8) is 0 Å². The highest BCUT2D eigenvalue weighted by Crippen LogP contribution is 2.33. The van der Waals surface area contributed by atoms with Crippen molar-refractivity contribution in [2.45, 2.75) is 27.7 Å². The molecular weight excluding hydrogens is 477 g/mol. The third-order valence-corrected chi connectivity index (χ3v) is 6.74. The van der Waals surface area contributed by atoms with E-state index >= 15 is 0 Å². The van der Waals surface area contributed by atoms with Crippen LogP contribution in [0.2, 0.25) is 10.0 Å². The molecule has 0 unspecified atom stereocenters. The number of benzene rings is 2. The molecule has 33 heavy (non-hydrogen) atoms. The monoisotopic (exact) mass is 497 g/mol. The molecule has 1 fully saturated rings. The van der Waals surface area contributed by atoms with Crippen molar-refractivity contribution >= 4 is 64.1 Å². The Kier molecular flexibility index (Phi) is 6.18. The number of carbonyl (C=O) groups excluding carboxylic acids is 2. The molecular formula is C25H21Cl2N3O2S. The number of nitrogens with zero attached hydrogens (tertiary/aromatic N) is 2. The molecule has 8 heteroatoms. The lowest BCUT2D eigenvalue weighted by atomic mass is 10.0. The van der Waals surface area contributed by atoms with Crippen molar-refractivity contribution in [2.75, 3.05) is 4.90 Å². The second kappa shape index (κ2) is 8.78. The highest BCUT2D eigenvalue weighted by atomic mass is 35.5. The Morgan fingerprint density at radius 3 is 2.42 bits per heavy atom. The minimum atomic E-state index is -0.530. The Bertz CT molecular complexity index is 1370. The van der Waals surface area contributed by atoms with Gasteiger partial charge in [-0.2, -0.15) is 0 Å². The number of amides is 2. The van der Waals surface area contributed by atoms with Gasteiger partial charge in [-0.25, -0.2) is 0 Å². The van der Waals surface area contributed by atoms with Crippen LogP contribution >= 0.6 is 35.4 Å². The highest BCUT2D eigenvalue weighted by Gasteiger charge is 2.35. The molecule has 2 heterocycles. The number of anilines is 1. The topological polar surface area (TPSA) is 54.3 Å². The van der Waals surface area contributed by atoms with Crippen LogP contribution in [0.25, 0.3) is 11.8 Å². The molecule has 4 rings (SSSR count). The fourth-order valence-electron chi connectivity index (χ4n) is 3.96. The number of thiocarbonyl (C=S) groups is 1. The van der Waals surface area contributed by atoms with Crippen molar-refractivity contribution in [1.82, 2.24) is 9.88 Å². The molecule has 1 saturated heterocycles. The summed E-state index contributed by atoms with van der Waals surface area (Å²) < 4.78 is 1.94. The predicted octanol–water partition coefficient (Wildman–Crippen LogP) is 5.85. The SMILES string of the molecule is Cc1ccc(C)c(N2C(=O)/C(=C/c3cc(C)n(-c4cccc(Cl)c4Cl)c3C)C(=O)NC2=S)c1. The number of halogens is 2. The standard InChI is InChI=1S/C25H21Cl2N3O2S/c1-13-8-9-14(2)21(10-13)30-24(32)18(23(31)28-25(30)33)12-17-11-15(3)29(16(17)4)20-7-5-6-19(26)22(20)27/h5-12H,1-4H3,(H,28,31,33)/b18-12+. The number of nitrogens with one attached hydrogen (secondary N) is 1. The van der Waals surface area contributed by atoms with Crippen LogP contribution in [0.15, 0.2) is 48.0 Å². The maximum atomic E-state index is 13.5. The number of hydrogen-bond donors (Lipinski definition) is 1. The lowest BCUT2D eigenvalue weighted by Gasteiger charge is -2.30. The lowest BCUT2D eigenvalue weighted by Crippen LogP contribution is -2.54. The fourth-order valence-corrected chi connectivity index (χ4v) is 4.62. The predicted molar refractivity (Wildman–Crippen MR) is 137 cm³/mol. The Balaban J connectivity index is 1.81. The second-order valence-electron chi connectivity index (χ2n) is 7.98. The van der Waals surface area contributed by atoms with Crippen molar-refractivity contribution in [3.05, 3.63) is 86.2 Å². The van der Waals surface area contributed by atoms with Crippen LogP contribution < -0.4 is 10.2 Å². The molecule has 0 spiro atoms. The van der Waals surface area contributed by atoms with Gasteiger partial charge in [-0.05, 0) is 86.9 Å². The van der Waals surface area contributed by atoms with Crippen LogP contribution in [0.5, 0.6) is 0 Å². The number of carbonyl (C=O) groups is 2. The van der Waals surface area contributed by atoms with Crippen LogP contribution in [-0.2, 0) is 9.59 Å². The van der Waals surface area contributed by atoms with Crippen molar-refractivity contribution < 1.29 is 9.59 Å². The largest absolute Gasteiger partial charge is 0.316 e. The first-order chi connectivity index (χ1) is 15.6. The summed E-state index contributed by atoms with van der Waals surface area (Å²) in [7, 11) is 0. The molecule has 0 saturated carbocycles. The average molecular weight is 498 g/mol. The van der Waals surface area contributed by atoms with Crippen molar-refractivity contribution in [3.8, 4) is 5.69 Å². The van der Waals surface area contributed by atoms with Gasteiger partial charge in [0.05, 0.1) is 21.4 Å². The molecule has 1 aliphatic rings. The minimum Gasteiger partial charge on any atom is -0.316 e. The summed E-state index contributed by atoms with van der Waals surface area (Å²) in [6, 6.07) is 13.1. The summed E-state index contributed by atoms with van der Waals surface area (Å²) in [5.74, 6) is -1.000. The molecule has 5 nitrogen and oxygen atoms in total. The maximum absolute atomic E-state index is 13.5. The van der Waals surface area contributed by atoms with Gasteiger partial charge in [-0.1, -0.05) is 41.4 Å². The van der Waals surface area contributed by atoms with Gasteiger partial charge < -0.3 is 4.57 Å². The molecule has 1 aromatic heterocycles. The molecule has 1 aliphatic heterocycles. The van der Waals surface area contributed by atoms with Gasteiger partial charge in [0, 0.05) is 11.4 Å². The van der Waals surface area contributed by atoms with Crippen LogP contribution in [0, 0.1) is 27.7 Å². The number of rotatable bonds is 3. The summed E-state index contributed by atoms with van der Waals surface area (Å²) in [6.07, 6.45) is 1.59. The quantitative estimate of drug-likeness (QED) is 0.280. The fraction of sp³-hybridized carbons (Fsp3) is 0.160. The first-order valence-corrected chi connectivity index (χ1v) is 11.4. The van der Waals surface area contributed by atoms with E-state index in [4.69, 9.17) is 35.4 Å². The van der Waals surface area contributed by atoms with E-state index in [1.807, 2.05) is 68.7 Å². The van der Waals surface area contributed by atoms with Crippen LogP contribution in [-0.4, -0.2) is 21.5 Å². The molecule has 2 aromatic carbocycles. The van der Waals surface area contributed by atoms with Gasteiger partial charge in [0.2, 0.25) is 0 Å². The first-order valence-electron chi connectivity index (χ1n) is 10.2. The minimum absolute atomic E-state index is 0.00180. The molecule has 0 atom stereocenters. The van der Waals surface area contributed by atoms with E-state index in [0.29, 0.717) is 15.7 Å². The van der Waals surface area contributed by atoms with E-state index in [-0.39, 0.29) is 10.7 Å². The molecule has 168 valence electrons. The molecule has 3 aromatic rings. The summed E-state index contributed by atoms with van der Waals surface area (Å²) in [4.78, 5) is 27.6. The van der Waals surface area contributed by atoms with Gasteiger partial charge in [0.1, 0.15) is 5.57 Å². The van der Waals surface area contributed by atoms with Crippen LogP contribution in [0.1, 0.15) is 28.1 Å². The zero-order valence-corrected chi connectivity index (χ0v) is 20.8. The average Bonchev–Trinajstić information content (AvgIpc) is 3.03. The Labute approximate surface area is 207 Å². The van der Waals surface area contributed by atoms with Gasteiger partial charge in [-0.3, -0.25) is 19.8 Å². The van der Waals surface area contributed by atoms with E-state index in [0.717, 1.165) is 33.8 Å². The third-order valence-electron chi connectivity index (χ3n) is 5.65. The Morgan fingerprint density at radius 2 is 1.70 bits per heavy atom. The molecule has 0 radical (unpaired) electrons. The molecule has 1 N–H and O–H groups in total. The Morgan fingerprint density at radius 1 is 0.970 bits per heavy atom. The van der Waals surface area contributed by atoms with Gasteiger partial charge >= 0.3 is 0 Å². The highest BCUT2D eigenvalue weighted by molar-refractivity contribution is 7.80. The van der Waals surface area contributed by atoms with E-state index < -0.39 is 11.8 Å². The molecule has 2 amide bonds. The first kappa shape index (κ1) is 23.2. The van der Waals surface area contributed by atoms with Crippen molar-refractivity contribution in [2.24, 2.45) is 0 Å². The molecule has 0 bridgehead atoms. The van der Waals surface area contributed by atoms with E-state index in [1.54, 1.807) is 12.1 Å². The normalized spacial score (nSPS) is 15.4. The Hall–Kier alpha value is -2.93. The number of aryl methyl sites for hydroxylation is 3. The smallest absolute Gasteiger partial charge is 0.270 e. The number of hydrogen-bond acceptors (Lipinski definition) is 3. The van der Waals surface area contributed by atoms with Crippen LogP contribution in [0.4, 0.5) is 5.69 Å². The van der Waals surface area contributed by atoms with E-state index in [2.05, 4.69) is 5.32 Å². The maximum Gasteiger partial charge on any atom is 0.270 e. The van der Waals surface area contributed by atoms with Gasteiger partial charge in [-0.15, -0.1) is 0 Å². The third kappa shape index (κ3) is 4.10. The van der Waals surface area contributed by atoms with Crippen LogP contribution in [0.3, 0.4) is 0 Å². The van der Waals surface area contributed by atoms with Gasteiger partial charge in [0.25, 0.3) is 11.8 Å². The van der Waals surface area contributed by atoms with E-state index in [9.17, 15) is 9.59 Å². The lowest BCUT2D eigenvalue weighted by molar-refractivity contribution is -0.122. The summed E-state index contributed by atoms with van der Waals surface area (Å²) in [5.41, 5.74) is 5.65. The van der Waals surface area contributed by atoms with Gasteiger partial charge in [0.15, 0.2) is 5.11 Å². The number of aromatic nitrogens is 1. The summed E-state index contributed by atoms with van der Waals surface area (Å²) >= 11 is 18.0. The second-order valence-corrected chi connectivity index (χ2v) is 9.15. The zero-order valence-electron chi connectivity index (χ0n) is 18.5.